The van der Waals surface area contributed by atoms with Gasteiger partial charge in [-0.25, -0.2) is 21.6 Å². The van der Waals surface area contributed by atoms with Crippen LogP contribution >= 0.6 is 0 Å². The monoisotopic (exact) mass is 448 g/mol. The van der Waals surface area contributed by atoms with Gasteiger partial charge in [-0.15, -0.1) is 0 Å². The van der Waals surface area contributed by atoms with E-state index in [1.54, 1.807) is 6.07 Å². The maximum atomic E-state index is 13.5. The van der Waals surface area contributed by atoms with Crippen molar-refractivity contribution in [2.24, 2.45) is 0 Å². The fraction of sp³-hybridized carbons (Fsp3) is 0.333. The Labute approximate surface area is 167 Å². The molecule has 1 saturated heterocycles. The Hall–Kier alpha value is -1.95. The number of sulfone groups is 1. The Balaban J connectivity index is 2.10. The van der Waals surface area contributed by atoms with Crippen molar-refractivity contribution in [3.63, 3.8) is 0 Å². The molecule has 0 amide bonds. The number of nitrogens with one attached hydrogen (secondary N) is 2. The van der Waals surface area contributed by atoms with Crippen molar-refractivity contribution in [1.82, 2.24) is 10.0 Å². The summed E-state index contributed by atoms with van der Waals surface area (Å²) < 4.78 is 93.6. The molecular formula is C18H19F3N2O4S2. The summed E-state index contributed by atoms with van der Waals surface area (Å²) in [6.07, 6.45) is -3.83. The SMILES string of the molecule is O=S(=O)(N[C@H]1CCCNC1)c1cc(S(=O)(=O)c2ccccc2)ccc1C(F)(F)F. The van der Waals surface area contributed by atoms with E-state index < -0.39 is 47.4 Å². The van der Waals surface area contributed by atoms with E-state index >= 15 is 0 Å². The zero-order valence-electron chi connectivity index (χ0n) is 15.1. The van der Waals surface area contributed by atoms with Gasteiger partial charge in [-0.2, -0.15) is 13.2 Å². The topological polar surface area (TPSA) is 92.3 Å². The van der Waals surface area contributed by atoms with Crippen LogP contribution in [-0.4, -0.2) is 36.0 Å². The van der Waals surface area contributed by atoms with Gasteiger partial charge < -0.3 is 5.32 Å². The van der Waals surface area contributed by atoms with Gasteiger partial charge in [-0.1, -0.05) is 18.2 Å². The molecule has 11 heteroatoms. The average molecular weight is 448 g/mol. The quantitative estimate of drug-likeness (QED) is 0.734. The maximum Gasteiger partial charge on any atom is 0.417 e. The van der Waals surface area contributed by atoms with Crippen molar-refractivity contribution >= 4 is 19.9 Å². The van der Waals surface area contributed by atoms with E-state index in [0.29, 0.717) is 31.5 Å². The lowest BCUT2D eigenvalue weighted by Crippen LogP contribution is -2.45. The molecule has 2 N–H and O–H groups in total. The van der Waals surface area contributed by atoms with Gasteiger partial charge in [-0.3, -0.25) is 0 Å². The van der Waals surface area contributed by atoms with Gasteiger partial charge in [0.15, 0.2) is 0 Å². The first kappa shape index (κ1) is 21.8. The summed E-state index contributed by atoms with van der Waals surface area (Å²) in [6.45, 7) is 0.972. The summed E-state index contributed by atoms with van der Waals surface area (Å²) in [6, 6.07) is 8.34. The summed E-state index contributed by atoms with van der Waals surface area (Å²) in [7, 11) is -8.80. The lowest BCUT2D eigenvalue weighted by atomic mass is 10.1. The number of benzene rings is 2. The number of hydrogen-bond donors (Lipinski definition) is 2. The Morgan fingerprint density at radius 2 is 1.66 bits per heavy atom. The van der Waals surface area contributed by atoms with Crippen LogP contribution in [0.15, 0.2) is 63.2 Å². The molecule has 2 aromatic carbocycles. The summed E-state index contributed by atoms with van der Waals surface area (Å²) in [5.41, 5.74) is -1.42. The number of rotatable bonds is 5. The van der Waals surface area contributed by atoms with Crippen LogP contribution in [0.4, 0.5) is 13.2 Å². The zero-order chi connectivity index (χ0) is 21.3. The van der Waals surface area contributed by atoms with E-state index in [-0.39, 0.29) is 11.4 Å². The van der Waals surface area contributed by atoms with E-state index in [1.807, 2.05) is 0 Å². The van der Waals surface area contributed by atoms with Crippen molar-refractivity contribution < 1.29 is 30.0 Å². The first-order chi connectivity index (χ1) is 13.5. The summed E-state index contributed by atoms with van der Waals surface area (Å²) in [5, 5.41) is 2.97. The second-order valence-corrected chi connectivity index (χ2v) is 10.3. The van der Waals surface area contributed by atoms with Gasteiger partial charge in [0, 0.05) is 12.6 Å². The van der Waals surface area contributed by atoms with Crippen LogP contribution in [0.3, 0.4) is 0 Å². The number of alkyl halides is 3. The molecule has 2 aromatic rings. The van der Waals surface area contributed by atoms with Gasteiger partial charge in [0.25, 0.3) is 0 Å². The molecule has 1 aliphatic rings. The Morgan fingerprint density at radius 1 is 0.966 bits per heavy atom. The van der Waals surface area contributed by atoms with Crippen molar-refractivity contribution in [2.45, 2.75) is 39.7 Å². The maximum absolute atomic E-state index is 13.5. The Kier molecular flexibility index (Phi) is 6.04. The third-order valence-corrected chi connectivity index (χ3v) is 7.86. The first-order valence-corrected chi connectivity index (χ1v) is 11.7. The predicted molar refractivity (Wildman–Crippen MR) is 99.6 cm³/mol. The lowest BCUT2D eigenvalue weighted by Gasteiger charge is -2.24. The highest BCUT2D eigenvalue weighted by molar-refractivity contribution is 7.91. The van der Waals surface area contributed by atoms with Crippen LogP contribution < -0.4 is 10.0 Å². The number of piperidine rings is 1. The molecule has 0 unspecified atom stereocenters. The van der Waals surface area contributed by atoms with Crippen molar-refractivity contribution in [1.29, 1.82) is 0 Å². The van der Waals surface area contributed by atoms with Crippen LogP contribution in [0.1, 0.15) is 18.4 Å². The van der Waals surface area contributed by atoms with E-state index in [1.165, 1.54) is 24.3 Å². The molecule has 0 spiro atoms. The highest BCUT2D eigenvalue weighted by Crippen LogP contribution is 2.36. The van der Waals surface area contributed by atoms with Gasteiger partial charge in [0.05, 0.1) is 20.2 Å². The molecule has 1 aliphatic heterocycles. The molecule has 1 fully saturated rings. The molecule has 6 nitrogen and oxygen atoms in total. The second kappa shape index (κ2) is 8.05. The zero-order valence-corrected chi connectivity index (χ0v) is 16.7. The minimum absolute atomic E-state index is 0.146. The van der Waals surface area contributed by atoms with E-state index in [2.05, 4.69) is 10.0 Å². The lowest BCUT2D eigenvalue weighted by molar-refractivity contribution is -0.139. The largest absolute Gasteiger partial charge is 0.417 e. The molecule has 1 heterocycles. The fourth-order valence-corrected chi connectivity index (χ4v) is 6.00. The smallest absolute Gasteiger partial charge is 0.315 e. The Bertz CT molecular complexity index is 1080. The third kappa shape index (κ3) is 4.80. The van der Waals surface area contributed by atoms with Gasteiger partial charge in [0.2, 0.25) is 19.9 Å². The molecule has 0 aliphatic carbocycles. The molecule has 0 radical (unpaired) electrons. The predicted octanol–water partition coefficient (Wildman–Crippen LogP) is 2.57. The van der Waals surface area contributed by atoms with Crippen LogP contribution in [0, 0.1) is 0 Å². The average Bonchev–Trinajstić information content (AvgIpc) is 2.68. The normalized spacial score (nSPS) is 18.5. The van der Waals surface area contributed by atoms with Crippen LogP contribution in [0.25, 0.3) is 0 Å². The van der Waals surface area contributed by atoms with Crippen molar-refractivity contribution in [2.75, 3.05) is 13.1 Å². The highest BCUT2D eigenvalue weighted by atomic mass is 32.2. The molecule has 1 atom stereocenters. The van der Waals surface area contributed by atoms with Crippen LogP contribution in [0.2, 0.25) is 0 Å². The van der Waals surface area contributed by atoms with E-state index in [4.69, 9.17) is 0 Å². The minimum Gasteiger partial charge on any atom is -0.315 e. The van der Waals surface area contributed by atoms with Gasteiger partial charge in [-0.05, 0) is 49.7 Å². The summed E-state index contributed by atoms with van der Waals surface area (Å²) >= 11 is 0. The van der Waals surface area contributed by atoms with Crippen molar-refractivity contribution in [3.8, 4) is 0 Å². The van der Waals surface area contributed by atoms with Crippen LogP contribution in [0.5, 0.6) is 0 Å². The molecular weight excluding hydrogens is 429 g/mol. The molecule has 158 valence electrons. The van der Waals surface area contributed by atoms with E-state index in [0.717, 1.165) is 6.07 Å². The van der Waals surface area contributed by atoms with E-state index in [9.17, 15) is 30.0 Å². The number of hydrogen-bond acceptors (Lipinski definition) is 5. The molecule has 0 bridgehead atoms. The Morgan fingerprint density at radius 3 is 2.24 bits per heavy atom. The number of sulfonamides is 1. The van der Waals surface area contributed by atoms with Crippen molar-refractivity contribution in [3.05, 3.63) is 54.1 Å². The van der Waals surface area contributed by atoms with Gasteiger partial charge >= 0.3 is 6.18 Å². The fourth-order valence-electron chi connectivity index (χ4n) is 3.10. The summed E-state index contributed by atoms with van der Waals surface area (Å²) in [5.74, 6) is 0. The highest BCUT2D eigenvalue weighted by Gasteiger charge is 2.39. The van der Waals surface area contributed by atoms with Gasteiger partial charge in [0.1, 0.15) is 0 Å². The third-order valence-electron chi connectivity index (χ3n) is 4.53. The number of halogens is 3. The first-order valence-electron chi connectivity index (χ1n) is 8.76. The standard InChI is InChI=1S/C18H19F3N2O4S2/c19-18(20,21)16-9-8-15(28(24,25)14-6-2-1-3-7-14)11-17(16)29(26,27)23-13-5-4-10-22-12-13/h1-3,6-9,11,13,22-23H,4-5,10,12H2/t13-/m0/s1. The molecule has 0 saturated carbocycles. The summed E-state index contributed by atoms with van der Waals surface area (Å²) in [4.78, 5) is -1.78. The molecule has 3 rings (SSSR count). The molecule has 29 heavy (non-hydrogen) atoms. The minimum atomic E-state index is -4.97. The van der Waals surface area contributed by atoms with Crippen LogP contribution in [-0.2, 0) is 26.0 Å². The second-order valence-electron chi connectivity index (χ2n) is 6.64. The molecule has 0 aromatic heterocycles.